The highest BCUT2D eigenvalue weighted by atomic mass is 79.9. The van der Waals surface area contributed by atoms with Crippen LogP contribution in [0.4, 0.5) is 0 Å². The van der Waals surface area contributed by atoms with Crippen molar-refractivity contribution in [3.05, 3.63) is 100 Å². The molecule has 0 aliphatic heterocycles. The number of amides is 2. The molecule has 3 rings (SSSR count). The number of hydrogen-bond acceptors (Lipinski definition) is 3. The lowest BCUT2D eigenvalue weighted by atomic mass is 10.0. The Morgan fingerprint density at radius 3 is 2.26 bits per heavy atom. The van der Waals surface area contributed by atoms with Crippen molar-refractivity contribution < 1.29 is 14.3 Å². The van der Waals surface area contributed by atoms with Crippen LogP contribution in [0.2, 0.25) is 0 Å². The first kappa shape index (κ1) is 25.5. The maximum absolute atomic E-state index is 13.5. The van der Waals surface area contributed by atoms with Crippen molar-refractivity contribution in [1.29, 1.82) is 0 Å². The zero-order valence-corrected chi connectivity index (χ0v) is 21.3. The van der Waals surface area contributed by atoms with E-state index in [0.717, 1.165) is 22.0 Å². The van der Waals surface area contributed by atoms with Gasteiger partial charge in [-0.2, -0.15) is 0 Å². The lowest BCUT2D eigenvalue weighted by Crippen LogP contribution is -2.51. The Balaban J connectivity index is 1.86. The quantitative estimate of drug-likeness (QED) is 0.378. The molecular weight excluding hydrogens is 492 g/mol. The van der Waals surface area contributed by atoms with E-state index >= 15 is 0 Å². The number of halogens is 1. The fraction of sp³-hybridized carbons (Fsp3) is 0.286. The van der Waals surface area contributed by atoms with Crippen LogP contribution in [0.5, 0.6) is 5.75 Å². The van der Waals surface area contributed by atoms with Gasteiger partial charge in [-0.1, -0.05) is 77.5 Å². The molecule has 0 bridgehead atoms. The number of nitrogens with zero attached hydrogens (tertiary/aromatic N) is 1. The number of likely N-dealkylation sites (N-methyl/N-ethyl adjacent to an activating group) is 1. The molecule has 0 fully saturated rings. The van der Waals surface area contributed by atoms with Gasteiger partial charge in [0.1, 0.15) is 11.8 Å². The molecule has 0 aromatic heterocycles. The van der Waals surface area contributed by atoms with E-state index in [9.17, 15) is 9.59 Å². The van der Waals surface area contributed by atoms with Gasteiger partial charge >= 0.3 is 0 Å². The van der Waals surface area contributed by atoms with E-state index in [4.69, 9.17) is 4.74 Å². The summed E-state index contributed by atoms with van der Waals surface area (Å²) in [4.78, 5) is 28.2. The number of aryl methyl sites for hydroxylation is 1. The van der Waals surface area contributed by atoms with Crippen LogP contribution in [0.3, 0.4) is 0 Å². The Hall–Kier alpha value is -3.12. The minimum atomic E-state index is -0.667. The van der Waals surface area contributed by atoms with Gasteiger partial charge in [-0.05, 0) is 54.3 Å². The first-order chi connectivity index (χ1) is 16.5. The van der Waals surface area contributed by atoms with E-state index in [2.05, 4.69) is 28.2 Å². The molecule has 3 aromatic carbocycles. The molecule has 0 saturated carbocycles. The van der Waals surface area contributed by atoms with Crippen LogP contribution in [-0.4, -0.2) is 35.9 Å². The summed E-state index contributed by atoms with van der Waals surface area (Å²) in [5, 5.41) is 2.90. The molecule has 0 heterocycles. The van der Waals surface area contributed by atoms with Crippen molar-refractivity contribution in [1.82, 2.24) is 10.2 Å². The van der Waals surface area contributed by atoms with Crippen LogP contribution in [0, 0.1) is 0 Å². The minimum Gasteiger partial charge on any atom is -0.484 e. The largest absolute Gasteiger partial charge is 0.484 e. The molecule has 5 nitrogen and oxygen atoms in total. The smallest absolute Gasteiger partial charge is 0.261 e. The molecule has 0 unspecified atom stereocenters. The topological polar surface area (TPSA) is 58.6 Å². The molecule has 1 N–H and O–H groups in total. The summed E-state index contributed by atoms with van der Waals surface area (Å²) in [6.07, 6.45) is 1.35. The molecule has 0 aliphatic rings. The standard InChI is InChI=1S/C28H31BrN2O3/c1-3-21-13-15-25(16-14-21)34-20-27(32)31(19-23-11-8-12-24(29)17-23)26(28(33)30-4-2)18-22-9-6-5-7-10-22/h5-17,26H,3-4,18-20H2,1-2H3,(H,30,33)/t26-/m0/s1. The lowest BCUT2D eigenvalue weighted by molar-refractivity contribution is -0.142. The SMILES string of the molecule is CCNC(=O)[C@H](Cc1ccccc1)N(Cc1cccc(Br)c1)C(=O)COc1ccc(CC)cc1. The van der Waals surface area contributed by atoms with E-state index in [1.165, 1.54) is 5.56 Å². The van der Waals surface area contributed by atoms with E-state index in [0.29, 0.717) is 25.3 Å². The lowest BCUT2D eigenvalue weighted by Gasteiger charge is -2.31. The first-order valence-corrected chi connectivity index (χ1v) is 12.4. The van der Waals surface area contributed by atoms with Crippen molar-refractivity contribution in [2.75, 3.05) is 13.2 Å². The summed E-state index contributed by atoms with van der Waals surface area (Å²) >= 11 is 3.50. The molecule has 0 saturated heterocycles. The normalized spacial score (nSPS) is 11.5. The zero-order chi connectivity index (χ0) is 24.3. The Kier molecular flexibility index (Phi) is 9.71. The second-order valence-electron chi connectivity index (χ2n) is 8.04. The Morgan fingerprint density at radius 1 is 0.912 bits per heavy atom. The van der Waals surface area contributed by atoms with E-state index in [1.54, 1.807) is 4.90 Å². The van der Waals surface area contributed by atoms with E-state index in [1.807, 2.05) is 85.8 Å². The maximum atomic E-state index is 13.5. The van der Waals surface area contributed by atoms with Crippen molar-refractivity contribution in [2.24, 2.45) is 0 Å². The van der Waals surface area contributed by atoms with Gasteiger partial charge in [-0.3, -0.25) is 9.59 Å². The molecule has 0 aliphatic carbocycles. The highest BCUT2D eigenvalue weighted by Crippen LogP contribution is 2.19. The summed E-state index contributed by atoms with van der Waals surface area (Å²) < 4.78 is 6.74. The minimum absolute atomic E-state index is 0.149. The number of rotatable bonds is 11. The van der Waals surface area contributed by atoms with Crippen LogP contribution in [0.25, 0.3) is 0 Å². The number of hydrogen-bond donors (Lipinski definition) is 1. The molecule has 178 valence electrons. The fourth-order valence-corrected chi connectivity index (χ4v) is 4.17. The van der Waals surface area contributed by atoms with Crippen molar-refractivity contribution in [2.45, 2.75) is 39.3 Å². The number of benzene rings is 3. The molecule has 0 radical (unpaired) electrons. The van der Waals surface area contributed by atoms with Crippen LogP contribution >= 0.6 is 15.9 Å². The third-order valence-corrected chi connectivity index (χ3v) is 6.05. The third-order valence-electron chi connectivity index (χ3n) is 5.56. The summed E-state index contributed by atoms with van der Waals surface area (Å²) in [5.41, 5.74) is 3.12. The summed E-state index contributed by atoms with van der Waals surface area (Å²) in [5.74, 6) is 0.208. The van der Waals surface area contributed by atoms with Crippen molar-refractivity contribution in [3.8, 4) is 5.75 Å². The van der Waals surface area contributed by atoms with E-state index < -0.39 is 6.04 Å². The summed E-state index contributed by atoms with van der Waals surface area (Å²) in [6.45, 7) is 4.60. The highest BCUT2D eigenvalue weighted by Gasteiger charge is 2.30. The molecule has 1 atom stereocenters. The number of nitrogens with one attached hydrogen (secondary N) is 1. The number of ether oxygens (including phenoxy) is 1. The van der Waals surface area contributed by atoms with Crippen LogP contribution in [0.15, 0.2) is 83.3 Å². The third kappa shape index (κ3) is 7.45. The monoisotopic (exact) mass is 522 g/mol. The maximum Gasteiger partial charge on any atom is 0.261 e. The van der Waals surface area contributed by atoms with Gasteiger partial charge < -0.3 is 15.0 Å². The van der Waals surface area contributed by atoms with Gasteiger partial charge in [0.05, 0.1) is 0 Å². The predicted molar refractivity (Wildman–Crippen MR) is 139 cm³/mol. The number of carbonyl (C=O) groups excluding carboxylic acids is 2. The highest BCUT2D eigenvalue weighted by molar-refractivity contribution is 9.10. The second-order valence-corrected chi connectivity index (χ2v) is 8.95. The average Bonchev–Trinajstić information content (AvgIpc) is 2.85. The van der Waals surface area contributed by atoms with Gasteiger partial charge in [-0.25, -0.2) is 0 Å². The van der Waals surface area contributed by atoms with Crippen LogP contribution < -0.4 is 10.1 Å². The molecule has 3 aromatic rings. The Bertz CT molecular complexity index is 1070. The summed E-state index contributed by atoms with van der Waals surface area (Å²) in [7, 11) is 0. The van der Waals surface area contributed by atoms with Gasteiger partial charge in [0.25, 0.3) is 5.91 Å². The molecule has 0 spiro atoms. The Labute approximate surface area is 210 Å². The number of carbonyl (C=O) groups is 2. The molecule has 2 amide bonds. The molecular formula is C28H31BrN2O3. The fourth-order valence-electron chi connectivity index (χ4n) is 3.73. The Morgan fingerprint density at radius 2 is 1.62 bits per heavy atom. The zero-order valence-electron chi connectivity index (χ0n) is 19.7. The van der Waals surface area contributed by atoms with Gasteiger partial charge in [0, 0.05) is 24.0 Å². The second kappa shape index (κ2) is 12.9. The molecule has 6 heteroatoms. The first-order valence-electron chi connectivity index (χ1n) is 11.6. The predicted octanol–water partition coefficient (Wildman–Crippen LogP) is 5.17. The van der Waals surface area contributed by atoms with Crippen LogP contribution in [-0.2, 0) is 29.0 Å². The average molecular weight is 523 g/mol. The van der Waals surface area contributed by atoms with Gasteiger partial charge in [0.2, 0.25) is 5.91 Å². The van der Waals surface area contributed by atoms with Crippen LogP contribution in [0.1, 0.15) is 30.5 Å². The van der Waals surface area contributed by atoms with Crippen molar-refractivity contribution in [3.63, 3.8) is 0 Å². The van der Waals surface area contributed by atoms with Crippen molar-refractivity contribution >= 4 is 27.7 Å². The molecule has 34 heavy (non-hydrogen) atoms. The van der Waals surface area contributed by atoms with Gasteiger partial charge in [-0.15, -0.1) is 0 Å². The summed E-state index contributed by atoms with van der Waals surface area (Å²) in [6, 6.07) is 24.6. The van der Waals surface area contributed by atoms with E-state index in [-0.39, 0.29) is 18.4 Å². The van der Waals surface area contributed by atoms with Gasteiger partial charge in [0.15, 0.2) is 6.61 Å².